The Morgan fingerprint density at radius 3 is 2.59 bits per heavy atom. The molecular weight excluding hydrogens is 424 g/mol. The number of alkyl halides is 4. The third-order valence-electron chi connectivity index (χ3n) is 6.45. The minimum atomic E-state index is -4.56. The van der Waals surface area contributed by atoms with Crippen molar-refractivity contribution in [1.29, 1.82) is 0 Å². The Kier molecular flexibility index (Phi) is 6.27. The van der Waals surface area contributed by atoms with E-state index >= 15 is 0 Å². The van der Waals surface area contributed by atoms with Crippen LogP contribution in [0, 0.1) is 0 Å². The number of nitrogens with one attached hydrogen (secondary N) is 2. The van der Waals surface area contributed by atoms with Gasteiger partial charge in [-0.3, -0.25) is 4.79 Å². The first kappa shape index (κ1) is 22.7. The van der Waals surface area contributed by atoms with Crippen molar-refractivity contribution in [3.8, 4) is 0 Å². The molecule has 2 aromatic rings. The number of ether oxygens (including phenoxy) is 1. The molecule has 1 amide bonds. The molecule has 4 nitrogen and oxygen atoms in total. The maximum absolute atomic E-state index is 13.3. The number of carbonyl (C=O) groups is 1. The predicted octanol–water partition coefficient (Wildman–Crippen LogP) is 4.79. The summed E-state index contributed by atoms with van der Waals surface area (Å²) >= 11 is 0. The van der Waals surface area contributed by atoms with E-state index < -0.39 is 30.1 Å². The van der Waals surface area contributed by atoms with Crippen molar-refractivity contribution in [1.82, 2.24) is 10.6 Å². The van der Waals surface area contributed by atoms with Crippen molar-refractivity contribution in [3.63, 3.8) is 0 Å². The third-order valence-corrected chi connectivity index (χ3v) is 6.45. The van der Waals surface area contributed by atoms with Crippen LogP contribution in [0.2, 0.25) is 0 Å². The normalized spacial score (nSPS) is 26.5. The number of halogens is 4. The fourth-order valence-electron chi connectivity index (χ4n) is 4.70. The van der Waals surface area contributed by atoms with E-state index in [0.717, 1.165) is 24.1 Å². The second kappa shape index (κ2) is 8.83. The molecule has 0 radical (unpaired) electrons. The first-order chi connectivity index (χ1) is 15.2. The molecule has 2 aliphatic heterocycles. The number of fused-ring (bicyclic) bond motifs is 1. The predicted molar refractivity (Wildman–Crippen MR) is 111 cm³/mol. The largest absolute Gasteiger partial charge is 0.416 e. The molecule has 172 valence electrons. The highest BCUT2D eigenvalue weighted by molar-refractivity contribution is 5.79. The van der Waals surface area contributed by atoms with Crippen LogP contribution in [0.3, 0.4) is 0 Å². The molecule has 2 saturated heterocycles. The van der Waals surface area contributed by atoms with Gasteiger partial charge in [0.2, 0.25) is 5.91 Å². The van der Waals surface area contributed by atoms with Crippen molar-refractivity contribution in [2.45, 2.75) is 62.8 Å². The lowest BCUT2D eigenvalue weighted by Crippen LogP contribution is -2.59. The third kappa shape index (κ3) is 4.66. The molecule has 0 saturated carbocycles. The smallest absolute Gasteiger partial charge is 0.372 e. The zero-order valence-electron chi connectivity index (χ0n) is 17.7. The zero-order chi connectivity index (χ0) is 22.9. The number of carbonyl (C=O) groups excluding carboxylic acids is 1. The van der Waals surface area contributed by atoms with Crippen molar-refractivity contribution in [2.24, 2.45) is 0 Å². The molecule has 2 fully saturated rings. The van der Waals surface area contributed by atoms with Crippen LogP contribution in [0.1, 0.15) is 54.5 Å². The number of hydrogen-bond acceptors (Lipinski definition) is 3. The molecule has 4 rings (SSSR count). The minimum absolute atomic E-state index is 0.00775. The first-order valence-electron chi connectivity index (χ1n) is 10.7. The maximum Gasteiger partial charge on any atom is 0.416 e. The summed E-state index contributed by atoms with van der Waals surface area (Å²) in [6.07, 6.45) is -3.39. The van der Waals surface area contributed by atoms with Gasteiger partial charge in [-0.05, 0) is 48.6 Å². The quantitative estimate of drug-likeness (QED) is 0.623. The molecule has 0 bridgehead atoms. The molecule has 0 aromatic heterocycles. The summed E-state index contributed by atoms with van der Waals surface area (Å²) in [5.74, 6) is 0.00775. The Hall–Kier alpha value is -2.45. The van der Waals surface area contributed by atoms with Crippen LogP contribution in [-0.4, -0.2) is 24.6 Å². The van der Waals surface area contributed by atoms with E-state index in [1.807, 2.05) is 30.3 Å². The Bertz CT molecular complexity index is 966. The molecule has 0 aliphatic carbocycles. The van der Waals surface area contributed by atoms with Crippen molar-refractivity contribution < 1.29 is 27.1 Å². The van der Waals surface area contributed by atoms with Gasteiger partial charge in [-0.2, -0.15) is 13.2 Å². The summed E-state index contributed by atoms with van der Waals surface area (Å²) in [5.41, 5.74) is -0.212. The Labute approximate surface area is 184 Å². The van der Waals surface area contributed by atoms with Gasteiger partial charge in [-0.15, -0.1) is 0 Å². The van der Waals surface area contributed by atoms with Crippen LogP contribution in [0.25, 0.3) is 0 Å². The van der Waals surface area contributed by atoms with Crippen LogP contribution in [-0.2, 0) is 27.9 Å². The topological polar surface area (TPSA) is 50.4 Å². The fraction of sp³-hybridized carbons (Fsp3) is 0.458. The molecule has 32 heavy (non-hydrogen) atoms. The number of rotatable bonds is 6. The van der Waals surface area contributed by atoms with Crippen LogP contribution in [0.4, 0.5) is 17.6 Å². The molecule has 1 unspecified atom stereocenters. The molecule has 2 aromatic carbocycles. The van der Waals surface area contributed by atoms with E-state index in [1.54, 1.807) is 6.92 Å². The number of benzene rings is 2. The summed E-state index contributed by atoms with van der Waals surface area (Å²) < 4.78 is 59.1. The lowest BCUT2D eigenvalue weighted by molar-refractivity contribution is -0.137. The van der Waals surface area contributed by atoms with Crippen LogP contribution >= 0.6 is 0 Å². The lowest BCUT2D eigenvalue weighted by Gasteiger charge is -2.44. The van der Waals surface area contributed by atoms with Gasteiger partial charge in [0.15, 0.2) is 0 Å². The van der Waals surface area contributed by atoms with Gasteiger partial charge in [0.25, 0.3) is 0 Å². The minimum Gasteiger partial charge on any atom is -0.372 e. The zero-order valence-corrected chi connectivity index (χ0v) is 17.7. The van der Waals surface area contributed by atoms with Crippen LogP contribution in [0.15, 0.2) is 48.5 Å². The van der Waals surface area contributed by atoms with E-state index in [1.165, 1.54) is 6.07 Å². The standard InChI is InChI=1S/C24H26F4N2O2/c1-15(17-9-16(13-25)10-19(11-17)24(26,27)28)32-14-23(18-5-3-2-4-6-18)8-7-20-21(30-23)12-22(31)29-20/h2-6,9-11,15,20-21,30H,7-8,12-14H2,1H3,(H,29,31)/t15-,20?,21-,23-/m1/s1. The van der Waals surface area contributed by atoms with Gasteiger partial charge in [-0.1, -0.05) is 36.4 Å². The van der Waals surface area contributed by atoms with Crippen molar-refractivity contribution in [2.75, 3.05) is 6.61 Å². The van der Waals surface area contributed by atoms with Crippen molar-refractivity contribution in [3.05, 3.63) is 70.8 Å². The Morgan fingerprint density at radius 1 is 1.16 bits per heavy atom. The molecule has 2 heterocycles. The second-order valence-electron chi connectivity index (χ2n) is 8.66. The van der Waals surface area contributed by atoms with Gasteiger partial charge in [0.1, 0.15) is 6.67 Å². The first-order valence-corrected chi connectivity index (χ1v) is 10.7. The number of piperidine rings is 1. The van der Waals surface area contributed by atoms with E-state index in [-0.39, 0.29) is 35.7 Å². The highest BCUT2D eigenvalue weighted by Crippen LogP contribution is 2.37. The number of amides is 1. The molecule has 2 aliphatic rings. The summed E-state index contributed by atoms with van der Waals surface area (Å²) in [4.78, 5) is 11.9. The summed E-state index contributed by atoms with van der Waals surface area (Å²) in [6, 6.07) is 13.0. The van der Waals surface area contributed by atoms with E-state index in [2.05, 4.69) is 10.6 Å². The van der Waals surface area contributed by atoms with Gasteiger partial charge >= 0.3 is 6.18 Å². The summed E-state index contributed by atoms with van der Waals surface area (Å²) in [5, 5.41) is 6.58. The lowest BCUT2D eigenvalue weighted by atomic mass is 9.79. The average molecular weight is 450 g/mol. The van der Waals surface area contributed by atoms with E-state index in [9.17, 15) is 22.4 Å². The molecule has 4 atom stereocenters. The molecular formula is C24H26F4N2O2. The summed E-state index contributed by atoms with van der Waals surface area (Å²) in [7, 11) is 0. The van der Waals surface area contributed by atoms with Gasteiger partial charge < -0.3 is 15.4 Å². The van der Waals surface area contributed by atoms with Crippen LogP contribution < -0.4 is 10.6 Å². The highest BCUT2D eigenvalue weighted by Gasteiger charge is 2.45. The average Bonchev–Trinajstić information content (AvgIpc) is 3.16. The highest BCUT2D eigenvalue weighted by atomic mass is 19.4. The summed E-state index contributed by atoms with van der Waals surface area (Å²) in [6.45, 7) is 0.891. The van der Waals surface area contributed by atoms with Crippen LogP contribution in [0.5, 0.6) is 0 Å². The van der Waals surface area contributed by atoms with Gasteiger partial charge in [0.05, 0.1) is 23.8 Å². The fourth-order valence-corrected chi connectivity index (χ4v) is 4.70. The molecule has 8 heteroatoms. The van der Waals surface area contributed by atoms with Crippen molar-refractivity contribution >= 4 is 5.91 Å². The molecule has 0 spiro atoms. The Morgan fingerprint density at radius 2 is 1.91 bits per heavy atom. The van der Waals surface area contributed by atoms with E-state index in [0.29, 0.717) is 12.8 Å². The Balaban J connectivity index is 1.57. The van der Waals surface area contributed by atoms with Gasteiger partial charge in [0, 0.05) is 18.5 Å². The monoisotopic (exact) mass is 450 g/mol. The SMILES string of the molecule is C[C@@H](OC[C@@]1(c2ccccc2)CCC2NC(=O)C[C@H]2N1)c1cc(CF)cc(C(F)(F)F)c1. The second-order valence-corrected chi connectivity index (χ2v) is 8.66. The maximum atomic E-state index is 13.3. The van der Waals surface area contributed by atoms with E-state index in [4.69, 9.17) is 4.74 Å². The van der Waals surface area contributed by atoms with Gasteiger partial charge in [-0.25, -0.2) is 4.39 Å². The molecule has 2 N–H and O–H groups in total. The number of hydrogen-bond donors (Lipinski definition) is 2.